The van der Waals surface area contributed by atoms with Gasteiger partial charge in [-0.15, -0.1) is 0 Å². The summed E-state index contributed by atoms with van der Waals surface area (Å²) in [6.07, 6.45) is -0.112. The van der Waals surface area contributed by atoms with Gasteiger partial charge in [-0.25, -0.2) is 0 Å². The van der Waals surface area contributed by atoms with Crippen molar-refractivity contribution in [3.63, 3.8) is 0 Å². The molecule has 0 fully saturated rings. The molecule has 4 heteroatoms. The van der Waals surface area contributed by atoms with Crippen LogP contribution in [-0.2, 0) is 0 Å². The van der Waals surface area contributed by atoms with E-state index >= 15 is 0 Å². The van der Waals surface area contributed by atoms with Crippen molar-refractivity contribution in [1.29, 1.82) is 0 Å². The van der Waals surface area contributed by atoms with Gasteiger partial charge in [-0.3, -0.25) is 5.32 Å². The molecule has 0 radical (unpaired) electrons. The summed E-state index contributed by atoms with van der Waals surface area (Å²) >= 11 is 0. The van der Waals surface area contributed by atoms with Gasteiger partial charge >= 0.3 is 0 Å². The molecular formula is C10H13NO3. The average Bonchev–Trinajstić information content (AvgIpc) is 2.27. The molecule has 0 unspecified atom stereocenters. The van der Waals surface area contributed by atoms with Crippen LogP contribution < -0.4 is 19.5 Å². The fourth-order valence-electron chi connectivity index (χ4n) is 1.37. The molecule has 0 aliphatic carbocycles. The molecule has 0 aromatic heterocycles. The van der Waals surface area contributed by atoms with E-state index in [4.69, 9.17) is 14.2 Å². The van der Waals surface area contributed by atoms with Gasteiger partial charge in [0.2, 0.25) is 5.75 Å². The fraction of sp³-hybridized carbons (Fsp3) is 0.400. The van der Waals surface area contributed by atoms with Gasteiger partial charge < -0.3 is 14.2 Å². The van der Waals surface area contributed by atoms with E-state index in [9.17, 15) is 0 Å². The minimum Gasteiger partial charge on any atom is -0.493 e. The molecule has 4 nitrogen and oxygen atoms in total. The minimum atomic E-state index is -0.112. The van der Waals surface area contributed by atoms with Crippen molar-refractivity contribution in [1.82, 2.24) is 5.32 Å². The maximum Gasteiger partial charge on any atom is 0.205 e. The van der Waals surface area contributed by atoms with Gasteiger partial charge in [-0.2, -0.15) is 0 Å². The van der Waals surface area contributed by atoms with Crippen LogP contribution in [0.4, 0.5) is 0 Å². The first kappa shape index (κ1) is 9.15. The molecule has 14 heavy (non-hydrogen) atoms. The zero-order valence-corrected chi connectivity index (χ0v) is 8.24. The SMILES string of the molecule is CN[C@@H]1COc2cccc(OC)c2O1. The normalized spacial score (nSPS) is 19.1. The molecular weight excluding hydrogens is 182 g/mol. The zero-order valence-electron chi connectivity index (χ0n) is 8.24. The Morgan fingerprint density at radius 1 is 1.50 bits per heavy atom. The molecule has 2 rings (SSSR count). The number of para-hydroxylation sites is 1. The molecule has 1 aliphatic heterocycles. The van der Waals surface area contributed by atoms with Crippen molar-refractivity contribution < 1.29 is 14.2 Å². The van der Waals surface area contributed by atoms with Gasteiger partial charge in [0.25, 0.3) is 0 Å². The summed E-state index contributed by atoms with van der Waals surface area (Å²) in [6, 6.07) is 5.59. The Morgan fingerprint density at radius 3 is 3.07 bits per heavy atom. The third kappa shape index (κ3) is 1.48. The van der Waals surface area contributed by atoms with Gasteiger partial charge in [0.15, 0.2) is 17.7 Å². The molecule has 1 aromatic rings. The number of nitrogens with one attached hydrogen (secondary N) is 1. The van der Waals surface area contributed by atoms with E-state index in [-0.39, 0.29) is 6.23 Å². The van der Waals surface area contributed by atoms with E-state index in [1.54, 1.807) is 7.11 Å². The van der Waals surface area contributed by atoms with Crippen LogP contribution in [0.1, 0.15) is 0 Å². The lowest BCUT2D eigenvalue weighted by molar-refractivity contribution is 0.0690. The second kappa shape index (κ2) is 3.75. The minimum absolute atomic E-state index is 0.112. The summed E-state index contributed by atoms with van der Waals surface area (Å²) in [5.41, 5.74) is 0. The first-order chi connectivity index (χ1) is 6.85. The first-order valence-corrected chi connectivity index (χ1v) is 4.49. The third-order valence-corrected chi connectivity index (χ3v) is 2.13. The van der Waals surface area contributed by atoms with Gasteiger partial charge in [0.05, 0.1) is 7.11 Å². The average molecular weight is 195 g/mol. The lowest BCUT2D eigenvalue weighted by Gasteiger charge is -2.26. The topological polar surface area (TPSA) is 39.7 Å². The first-order valence-electron chi connectivity index (χ1n) is 4.49. The number of ether oxygens (including phenoxy) is 3. The Labute approximate surface area is 82.8 Å². The number of hydrogen-bond donors (Lipinski definition) is 1. The van der Waals surface area contributed by atoms with Crippen molar-refractivity contribution in [2.45, 2.75) is 6.23 Å². The quantitative estimate of drug-likeness (QED) is 0.764. The van der Waals surface area contributed by atoms with E-state index in [2.05, 4.69) is 5.32 Å². The molecule has 0 spiro atoms. The summed E-state index contributed by atoms with van der Waals surface area (Å²) in [5.74, 6) is 2.10. The van der Waals surface area contributed by atoms with Crippen LogP contribution in [0.15, 0.2) is 18.2 Å². The molecule has 0 bridgehead atoms. The largest absolute Gasteiger partial charge is 0.493 e. The standard InChI is InChI=1S/C10H13NO3/c1-11-9-6-13-8-5-3-4-7(12-2)10(8)14-9/h3-5,9,11H,6H2,1-2H3/t9-/m0/s1. The molecule has 0 saturated heterocycles. The van der Waals surface area contributed by atoms with Crippen molar-refractivity contribution in [2.75, 3.05) is 20.8 Å². The highest BCUT2D eigenvalue weighted by molar-refractivity contribution is 5.51. The van der Waals surface area contributed by atoms with Gasteiger partial charge in [0, 0.05) is 0 Å². The van der Waals surface area contributed by atoms with Gasteiger partial charge in [0.1, 0.15) is 6.61 Å². The van der Waals surface area contributed by atoms with E-state index in [1.807, 2.05) is 25.2 Å². The summed E-state index contributed by atoms with van der Waals surface area (Å²) in [7, 11) is 3.44. The Hall–Kier alpha value is -1.42. The molecule has 76 valence electrons. The smallest absolute Gasteiger partial charge is 0.205 e. The predicted molar refractivity (Wildman–Crippen MR) is 52.0 cm³/mol. The lowest BCUT2D eigenvalue weighted by Crippen LogP contribution is -2.39. The number of rotatable bonds is 2. The maximum absolute atomic E-state index is 5.64. The summed E-state index contributed by atoms with van der Waals surface area (Å²) < 4.78 is 16.3. The highest BCUT2D eigenvalue weighted by atomic mass is 16.6. The Balaban J connectivity index is 2.33. The van der Waals surface area contributed by atoms with Crippen LogP contribution in [0.25, 0.3) is 0 Å². The van der Waals surface area contributed by atoms with Crippen molar-refractivity contribution in [3.8, 4) is 17.2 Å². The highest BCUT2D eigenvalue weighted by Crippen LogP contribution is 2.39. The number of fused-ring (bicyclic) bond motifs is 1. The van der Waals surface area contributed by atoms with Crippen molar-refractivity contribution in [3.05, 3.63) is 18.2 Å². The molecule has 1 N–H and O–H groups in total. The van der Waals surface area contributed by atoms with Crippen LogP contribution in [0.5, 0.6) is 17.2 Å². The summed E-state index contributed by atoms with van der Waals surface area (Å²) in [6.45, 7) is 0.511. The lowest BCUT2D eigenvalue weighted by atomic mass is 10.2. The summed E-state index contributed by atoms with van der Waals surface area (Å²) in [4.78, 5) is 0. The van der Waals surface area contributed by atoms with Crippen LogP contribution in [0.2, 0.25) is 0 Å². The summed E-state index contributed by atoms with van der Waals surface area (Å²) in [5, 5.41) is 2.99. The fourth-order valence-corrected chi connectivity index (χ4v) is 1.37. The van der Waals surface area contributed by atoms with E-state index < -0.39 is 0 Å². The monoisotopic (exact) mass is 195 g/mol. The molecule has 0 amide bonds. The van der Waals surface area contributed by atoms with Crippen LogP contribution >= 0.6 is 0 Å². The number of benzene rings is 1. The molecule has 1 aliphatic rings. The Bertz CT molecular complexity index is 313. The second-order valence-corrected chi connectivity index (χ2v) is 2.99. The molecule has 1 atom stereocenters. The van der Waals surface area contributed by atoms with Crippen LogP contribution in [0.3, 0.4) is 0 Å². The van der Waals surface area contributed by atoms with Gasteiger partial charge in [-0.1, -0.05) is 6.07 Å². The number of hydrogen-bond acceptors (Lipinski definition) is 4. The molecule has 1 aromatic carbocycles. The Morgan fingerprint density at radius 2 is 2.36 bits per heavy atom. The number of methoxy groups -OCH3 is 1. The zero-order chi connectivity index (χ0) is 9.97. The van der Waals surface area contributed by atoms with Gasteiger partial charge in [-0.05, 0) is 19.2 Å². The molecule has 0 saturated carbocycles. The predicted octanol–water partition coefficient (Wildman–Crippen LogP) is 1.01. The van der Waals surface area contributed by atoms with E-state index in [0.29, 0.717) is 18.1 Å². The highest BCUT2D eigenvalue weighted by Gasteiger charge is 2.22. The second-order valence-electron chi connectivity index (χ2n) is 2.99. The third-order valence-electron chi connectivity index (χ3n) is 2.13. The van der Waals surface area contributed by atoms with Crippen molar-refractivity contribution in [2.24, 2.45) is 0 Å². The maximum atomic E-state index is 5.64. The Kier molecular flexibility index (Phi) is 2.45. The van der Waals surface area contributed by atoms with Crippen LogP contribution in [0, 0.1) is 0 Å². The number of likely N-dealkylation sites (N-methyl/N-ethyl adjacent to an activating group) is 1. The van der Waals surface area contributed by atoms with Crippen molar-refractivity contribution >= 4 is 0 Å². The molecule has 1 heterocycles. The van der Waals surface area contributed by atoms with E-state index in [1.165, 1.54) is 0 Å². The van der Waals surface area contributed by atoms with E-state index in [0.717, 1.165) is 5.75 Å². The van der Waals surface area contributed by atoms with Crippen LogP contribution in [-0.4, -0.2) is 27.0 Å².